The van der Waals surface area contributed by atoms with E-state index in [-0.39, 0.29) is 12.0 Å². The number of amides is 1. The number of ether oxygens (including phenoxy) is 4. The van der Waals surface area contributed by atoms with Crippen LogP contribution in [0.25, 0.3) is 0 Å². The molecule has 0 bridgehead atoms. The Morgan fingerprint density at radius 1 is 1.06 bits per heavy atom. The number of rotatable bonds is 10. The molecule has 8 nitrogen and oxygen atoms in total. The molecule has 1 fully saturated rings. The standard InChI is InChI=1S/C24H31N3O5S/c1-4-30-21-14-20(27-24(33)25-15-18-7-6-12-32-18)22(31-5-2)13-19(21)26-23(28)16-8-10-17(29-3)11-9-16/h8-11,13-14,18H,4-7,12,15H2,1-3H3,(H,26,28)(H2,25,27,33)/t18-/m0/s1. The molecule has 1 heterocycles. The lowest BCUT2D eigenvalue weighted by molar-refractivity contribution is 0.102. The van der Waals surface area contributed by atoms with Crippen LogP contribution >= 0.6 is 12.2 Å². The minimum Gasteiger partial charge on any atom is -0.497 e. The monoisotopic (exact) mass is 473 g/mol. The first-order chi connectivity index (χ1) is 16.0. The van der Waals surface area contributed by atoms with Crippen LogP contribution in [-0.2, 0) is 4.74 Å². The Morgan fingerprint density at radius 2 is 1.70 bits per heavy atom. The molecule has 9 heteroatoms. The third-order valence-corrected chi connectivity index (χ3v) is 5.29. The van der Waals surface area contributed by atoms with Gasteiger partial charge in [-0.2, -0.15) is 0 Å². The highest BCUT2D eigenvalue weighted by Crippen LogP contribution is 2.37. The molecular weight excluding hydrogens is 442 g/mol. The lowest BCUT2D eigenvalue weighted by Crippen LogP contribution is -2.34. The van der Waals surface area contributed by atoms with Crippen LogP contribution in [0.4, 0.5) is 11.4 Å². The number of anilines is 2. The molecule has 1 saturated heterocycles. The van der Waals surface area contributed by atoms with E-state index in [1.54, 1.807) is 43.5 Å². The first-order valence-corrected chi connectivity index (χ1v) is 11.5. The highest BCUT2D eigenvalue weighted by molar-refractivity contribution is 7.80. The van der Waals surface area contributed by atoms with Gasteiger partial charge in [0.15, 0.2) is 5.11 Å². The number of hydrogen-bond donors (Lipinski definition) is 3. The van der Waals surface area contributed by atoms with Gasteiger partial charge < -0.3 is 34.9 Å². The van der Waals surface area contributed by atoms with E-state index >= 15 is 0 Å². The van der Waals surface area contributed by atoms with Crippen molar-refractivity contribution in [2.75, 3.05) is 44.1 Å². The first kappa shape index (κ1) is 24.6. The van der Waals surface area contributed by atoms with Crippen LogP contribution in [0.2, 0.25) is 0 Å². The third-order valence-electron chi connectivity index (χ3n) is 5.04. The highest BCUT2D eigenvalue weighted by atomic mass is 32.1. The van der Waals surface area contributed by atoms with E-state index in [0.29, 0.717) is 59.1 Å². The molecule has 1 atom stereocenters. The number of thiocarbonyl (C=S) groups is 1. The summed E-state index contributed by atoms with van der Waals surface area (Å²) in [4.78, 5) is 12.8. The van der Waals surface area contributed by atoms with Crippen molar-refractivity contribution in [3.63, 3.8) is 0 Å². The lowest BCUT2D eigenvalue weighted by Gasteiger charge is -2.19. The Balaban J connectivity index is 1.77. The molecule has 2 aromatic carbocycles. The van der Waals surface area contributed by atoms with Gasteiger partial charge in [0.1, 0.15) is 17.2 Å². The second-order valence-corrected chi connectivity index (χ2v) is 7.77. The molecule has 33 heavy (non-hydrogen) atoms. The summed E-state index contributed by atoms with van der Waals surface area (Å²) in [5.41, 5.74) is 1.65. The minimum absolute atomic E-state index is 0.172. The molecule has 1 amide bonds. The quantitative estimate of drug-likeness (QED) is 0.442. The summed E-state index contributed by atoms with van der Waals surface area (Å²) >= 11 is 5.46. The van der Waals surface area contributed by atoms with Crippen molar-refractivity contribution in [2.45, 2.75) is 32.8 Å². The van der Waals surface area contributed by atoms with E-state index in [0.717, 1.165) is 19.4 Å². The maximum absolute atomic E-state index is 12.8. The number of carbonyl (C=O) groups excluding carboxylic acids is 1. The maximum atomic E-state index is 12.8. The molecule has 0 spiro atoms. The van der Waals surface area contributed by atoms with E-state index in [1.807, 2.05) is 13.8 Å². The fraction of sp³-hybridized carbons (Fsp3) is 0.417. The number of methoxy groups -OCH3 is 1. The second-order valence-electron chi connectivity index (χ2n) is 7.36. The Labute approximate surface area is 199 Å². The maximum Gasteiger partial charge on any atom is 0.255 e. The first-order valence-electron chi connectivity index (χ1n) is 11.1. The van der Waals surface area contributed by atoms with Crippen molar-refractivity contribution >= 4 is 34.6 Å². The van der Waals surface area contributed by atoms with Gasteiger partial charge >= 0.3 is 0 Å². The van der Waals surface area contributed by atoms with Gasteiger partial charge in [0, 0.05) is 30.8 Å². The van der Waals surface area contributed by atoms with Crippen molar-refractivity contribution in [2.24, 2.45) is 0 Å². The van der Waals surface area contributed by atoms with E-state index < -0.39 is 0 Å². The zero-order valence-electron chi connectivity index (χ0n) is 19.2. The van der Waals surface area contributed by atoms with Crippen LogP contribution in [0.3, 0.4) is 0 Å². The van der Waals surface area contributed by atoms with Crippen molar-refractivity contribution in [1.29, 1.82) is 0 Å². The molecule has 3 N–H and O–H groups in total. The summed E-state index contributed by atoms with van der Waals surface area (Å²) in [6.45, 7) is 6.09. The van der Waals surface area contributed by atoms with Gasteiger partial charge in [-0.3, -0.25) is 4.79 Å². The molecule has 3 rings (SSSR count). The van der Waals surface area contributed by atoms with Crippen LogP contribution in [0.1, 0.15) is 37.0 Å². The van der Waals surface area contributed by atoms with Crippen LogP contribution in [0.5, 0.6) is 17.2 Å². The van der Waals surface area contributed by atoms with Gasteiger partial charge in [-0.1, -0.05) is 0 Å². The molecule has 0 aliphatic carbocycles. The number of nitrogens with one attached hydrogen (secondary N) is 3. The average molecular weight is 474 g/mol. The normalized spacial score (nSPS) is 14.9. The topological polar surface area (TPSA) is 90.1 Å². The van der Waals surface area contributed by atoms with Gasteiger partial charge in [0.2, 0.25) is 0 Å². The van der Waals surface area contributed by atoms with Crippen LogP contribution < -0.4 is 30.2 Å². The molecule has 1 aliphatic rings. The Bertz CT molecular complexity index is 946. The minimum atomic E-state index is -0.268. The Kier molecular flexibility index (Phi) is 9.14. The summed E-state index contributed by atoms with van der Waals surface area (Å²) in [7, 11) is 1.58. The van der Waals surface area contributed by atoms with Crippen LogP contribution in [0.15, 0.2) is 36.4 Å². The largest absolute Gasteiger partial charge is 0.497 e. The average Bonchev–Trinajstić information content (AvgIpc) is 3.34. The van der Waals surface area contributed by atoms with Gasteiger partial charge in [-0.15, -0.1) is 0 Å². The fourth-order valence-corrected chi connectivity index (χ4v) is 3.61. The SMILES string of the molecule is CCOc1cc(NC(=S)NC[C@@H]2CCCO2)c(OCC)cc1NC(=O)c1ccc(OC)cc1. The van der Waals surface area contributed by atoms with E-state index in [4.69, 9.17) is 31.2 Å². The van der Waals surface area contributed by atoms with Crippen LogP contribution in [0, 0.1) is 0 Å². The zero-order valence-corrected chi connectivity index (χ0v) is 20.1. The number of benzene rings is 2. The highest BCUT2D eigenvalue weighted by Gasteiger charge is 2.18. The predicted molar refractivity (Wildman–Crippen MR) is 133 cm³/mol. The Morgan fingerprint density at radius 3 is 2.24 bits per heavy atom. The molecular formula is C24H31N3O5S. The van der Waals surface area contributed by atoms with Crippen molar-refractivity contribution in [1.82, 2.24) is 5.32 Å². The molecule has 2 aromatic rings. The van der Waals surface area contributed by atoms with Crippen molar-refractivity contribution < 1.29 is 23.7 Å². The zero-order chi connectivity index (χ0) is 23.6. The summed E-state index contributed by atoms with van der Waals surface area (Å²) in [5, 5.41) is 9.74. The molecule has 0 unspecified atom stereocenters. The fourth-order valence-electron chi connectivity index (χ4n) is 3.42. The van der Waals surface area contributed by atoms with Gasteiger partial charge in [0.05, 0.1) is 37.8 Å². The van der Waals surface area contributed by atoms with E-state index in [2.05, 4.69) is 16.0 Å². The molecule has 0 aromatic heterocycles. The molecule has 0 radical (unpaired) electrons. The van der Waals surface area contributed by atoms with Gasteiger partial charge in [-0.25, -0.2) is 0 Å². The Hall–Kier alpha value is -3.04. The summed E-state index contributed by atoms with van der Waals surface area (Å²) in [5.74, 6) is 1.47. The smallest absolute Gasteiger partial charge is 0.255 e. The molecule has 178 valence electrons. The van der Waals surface area contributed by atoms with Crippen molar-refractivity contribution in [3.8, 4) is 17.2 Å². The van der Waals surface area contributed by atoms with E-state index in [1.165, 1.54) is 0 Å². The van der Waals surface area contributed by atoms with Gasteiger partial charge in [0.25, 0.3) is 5.91 Å². The van der Waals surface area contributed by atoms with Crippen LogP contribution in [-0.4, -0.2) is 50.6 Å². The lowest BCUT2D eigenvalue weighted by atomic mass is 10.2. The summed E-state index contributed by atoms with van der Waals surface area (Å²) < 4.78 is 22.4. The molecule has 0 saturated carbocycles. The predicted octanol–water partition coefficient (Wildman–Crippen LogP) is 4.21. The third kappa shape index (κ3) is 6.97. The summed E-state index contributed by atoms with van der Waals surface area (Å²) in [6.07, 6.45) is 2.27. The number of hydrogen-bond acceptors (Lipinski definition) is 6. The summed E-state index contributed by atoms with van der Waals surface area (Å²) in [6, 6.07) is 10.4. The second kappa shape index (κ2) is 12.3. The molecule has 1 aliphatic heterocycles. The number of carbonyl (C=O) groups is 1. The van der Waals surface area contributed by atoms with Gasteiger partial charge in [-0.05, 0) is 63.2 Å². The van der Waals surface area contributed by atoms with E-state index in [9.17, 15) is 4.79 Å². The van der Waals surface area contributed by atoms with Crippen molar-refractivity contribution in [3.05, 3.63) is 42.0 Å².